The standard InChI is InChI=1S/C24H25NO4/c1-27-22-12-11-19(14-23(22)28-2)24(26)21(15-25)18-9-6-10-20(13-18)29-16-17-7-4-3-5-8-17/h3-14,21H,15-16,25H2,1-2H3. The molecule has 0 saturated carbocycles. The second-order valence-electron chi connectivity index (χ2n) is 6.57. The van der Waals surface area contributed by atoms with E-state index in [1.165, 1.54) is 0 Å². The van der Waals surface area contributed by atoms with Crippen LogP contribution >= 0.6 is 0 Å². The summed E-state index contributed by atoms with van der Waals surface area (Å²) in [7, 11) is 3.10. The molecule has 0 fully saturated rings. The molecule has 0 spiro atoms. The summed E-state index contributed by atoms with van der Waals surface area (Å²) in [6.45, 7) is 0.649. The van der Waals surface area contributed by atoms with Crippen LogP contribution in [0.25, 0.3) is 0 Å². The molecule has 1 unspecified atom stereocenters. The fraction of sp³-hybridized carbons (Fsp3) is 0.208. The number of Topliss-reactive ketones (excluding diaryl/α,β-unsaturated/α-hetero) is 1. The maximum Gasteiger partial charge on any atom is 0.171 e. The lowest BCUT2D eigenvalue weighted by molar-refractivity contribution is 0.0962. The lowest BCUT2D eigenvalue weighted by Crippen LogP contribution is -2.22. The van der Waals surface area contributed by atoms with E-state index in [0.717, 1.165) is 11.1 Å². The second-order valence-corrected chi connectivity index (χ2v) is 6.57. The van der Waals surface area contributed by atoms with E-state index in [1.807, 2.05) is 54.6 Å². The molecule has 0 heterocycles. The molecule has 3 rings (SSSR count). The number of carbonyl (C=O) groups excluding carboxylic acids is 1. The minimum atomic E-state index is -0.478. The van der Waals surface area contributed by atoms with Gasteiger partial charge in [0.15, 0.2) is 17.3 Å². The van der Waals surface area contributed by atoms with Crippen molar-refractivity contribution in [3.8, 4) is 17.2 Å². The van der Waals surface area contributed by atoms with E-state index >= 15 is 0 Å². The number of ether oxygens (including phenoxy) is 3. The normalized spacial score (nSPS) is 11.6. The molecule has 150 valence electrons. The highest BCUT2D eigenvalue weighted by molar-refractivity contribution is 6.01. The minimum Gasteiger partial charge on any atom is -0.493 e. The molecular weight excluding hydrogens is 366 g/mol. The lowest BCUT2D eigenvalue weighted by Gasteiger charge is -2.17. The highest BCUT2D eigenvalue weighted by Gasteiger charge is 2.22. The van der Waals surface area contributed by atoms with Crippen LogP contribution in [-0.2, 0) is 6.61 Å². The zero-order valence-corrected chi connectivity index (χ0v) is 16.6. The average molecular weight is 391 g/mol. The molecule has 5 nitrogen and oxygen atoms in total. The summed E-state index contributed by atoms with van der Waals surface area (Å²) in [5.74, 6) is 1.23. The Labute approximate surface area is 171 Å². The van der Waals surface area contributed by atoms with Crippen LogP contribution in [0.3, 0.4) is 0 Å². The number of rotatable bonds is 9. The van der Waals surface area contributed by atoms with Crippen molar-refractivity contribution in [2.75, 3.05) is 20.8 Å². The first-order valence-electron chi connectivity index (χ1n) is 9.39. The van der Waals surface area contributed by atoms with Gasteiger partial charge in [-0.1, -0.05) is 42.5 Å². The van der Waals surface area contributed by atoms with Crippen LogP contribution in [0, 0.1) is 0 Å². The Morgan fingerprint density at radius 1 is 0.897 bits per heavy atom. The van der Waals surface area contributed by atoms with Crippen LogP contribution in [0.5, 0.6) is 17.2 Å². The molecule has 0 aromatic heterocycles. The van der Waals surface area contributed by atoms with E-state index in [2.05, 4.69) is 0 Å². The smallest absolute Gasteiger partial charge is 0.171 e. The van der Waals surface area contributed by atoms with E-state index in [1.54, 1.807) is 32.4 Å². The van der Waals surface area contributed by atoms with Gasteiger partial charge in [-0.05, 0) is 41.5 Å². The minimum absolute atomic E-state index is 0.0753. The van der Waals surface area contributed by atoms with Crippen LogP contribution in [0.1, 0.15) is 27.4 Å². The maximum atomic E-state index is 13.1. The highest BCUT2D eigenvalue weighted by Crippen LogP contribution is 2.30. The average Bonchev–Trinajstić information content (AvgIpc) is 2.78. The topological polar surface area (TPSA) is 70.8 Å². The van der Waals surface area contributed by atoms with Crippen LogP contribution in [0.15, 0.2) is 72.8 Å². The van der Waals surface area contributed by atoms with Crippen molar-refractivity contribution in [1.82, 2.24) is 0 Å². The van der Waals surface area contributed by atoms with Gasteiger partial charge in [-0.15, -0.1) is 0 Å². The molecule has 29 heavy (non-hydrogen) atoms. The van der Waals surface area contributed by atoms with Crippen LogP contribution in [-0.4, -0.2) is 26.5 Å². The van der Waals surface area contributed by atoms with Crippen molar-refractivity contribution >= 4 is 5.78 Å². The number of methoxy groups -OCH3 is 2. The lowest BCUT2D eigenvalue weighted by atomic mass is 9.90. The number of carbonyl (C=O) groups is 1. The zero-order chi connectivity index (χ0) is 20.6. The Bertz CT molecular complexity index is 956. The van der Waals surface area contributed by atoms with Gasteiger partial charge < -0.3 is 19.9 Å². The molecule has 0 aliphatic carbocycles. The molecule has 0 amide bonds. The SMILES string of the molecule is COc1ccc(C(=O)C(CN)c2cccc(OCc3ccccc3)c2)cc1OC. The highest BCUT2D eigenvalue weighted by atomic mass is 16.5. The van der Waals surface area contributed by atoms with E-state index in [4.69, 9.17) is 19.9 Å². The zero-order valence-electron chi connectivity index (χ0n) is 16.6. The molecule has 1 atom stereocenters. The maximum absolute atomic E-state index is 13.1. The van der Waals surface area contributed by atoms with Crippen LogP contribution in [0.4, 0.5) is 0 Å². The molecule has 0 bridgehead atoms. The molecule has 0 aliphatic rings. The van der Waals surface area contributed by atoms with E-state index in [-0.39, 0.29) is 12.3 Å². The van der Waals surface area contributed by atoms with Gasteiger partial charge in [-0.25, -0.2) is 0 Å². The summed E-state index contributed by atoms with van der Waals surface area (Å²) in [5, 5.41) is 0. The first-order valence-corrected chi connectivity index (χ1v) is 9.39. The van der Waals surface area contributed by atoms with E-state index in [0.29, 0.717) is 29.4 Å². The molecule has 3 aromatic carbocycles. The molecular formula is C24H25NO4. The van der Waals surface area contributed by atoms with Crippen molar-refractivity contribution in [1.29, 1.82) is 0 Å². The summed E-state index contributed by atoms with van der Waals surface area (Å²) in [6.07, 6.45) is 0. The predicted molar refractivity (Wildman–Crippen MR) is 113 cm³/mol. The molecule has 0 saturated heterocycles. The third-order valence-corrected chi connectivity index (χ3v) is 4.73. The molecule has 0 radical (unpaired) electrons. The third kappa shape index (κ3) is 4.95. The summed E-state index contributed by atoms with van der Waals surface area (Å²) >= 11 is 0. The Kier molecular flexibility index (Phi) is 6.87. The monoisotopic (exact) mass is 391 g/mol. The molecule has 3 aromatic rings. The van der Waals surface area contributed by atoms with Gasteiger partial charge in [0.25, 0.3) is 0 Å². The van der Waals surface area contributed by atoms with Gasteiger partial charge in [0, 0.05) is 12.1 Å². The largest absolute Gasteiger partial charge is 0.493 e. The van der Waals surface area contributed by atoms with E-state index < -0.39 is 5.92 Å². The van der Waals surface area contributed by atoms with Crippen LogP contribution in [0.2, 0.25) is 0 Å². The van der Waals surface area contributed by atoms with Gasteiger partial charge >= 0.3 is 0 Å². The van der Waals surface area contributed by atoms with Crippen molar-refractivity contribution in [3.63, 3.8) is 0 Å². The number of hydrogen-bond acceptors (Lipinski definition) is 5. The molecule has 2 N–H and O–H groups in total. The van der Waals surface area contributed by atoms with Crippen molar-refractivity contribution < 1.29 is 19.0 Å². The molecule has 0 aliphatic heterocycles. The van der Waals surface area contributed by atoms with E-state index in [9.17, 15) is 4.79 Å². The van der Waals surface area contributed by atoms with Gasteiger partial charge in [-0.3, -0.25) is 4.79 Å². The number of benzene rings is 3. The molecule has 5 heteroatoms. The van der Waals surface area contributed by atoms with Crippen molar-refractivity contribution in [2.24, 2.45) is 5.73 Å². The Balaban J connectivity index is 1.79. The Morgan fingerprint density at radius 2 is 1.66 bits per heavy atom. The van der Waals surface area contributed by atoms with Crippen LogP contribution < -0.4 is 19.9 Å². The quantitative estimate of drug-likeness (QED) is 0.553. The second kappa shape index (κ2) is 9.75. The first kappa shape index (κ1) is 20.4. The number of ketones is 1. The van der Waals surface area contributed by atoms with Gasteiger partial charge in [0.2, 0.25) is 0 Å². The summed E-state index contributed by atoms with van der Waals surface area (Å²) in [5.41, 5.74) is 8.38. The van der Waals surface area contributed by atoms with Crippen molar-refractivity contribution in [2.45, 2.75) is 12.5 Å². The fourth-order valence-electron chi connectivity index (χ4n) is 3.15. The first-order chi connectivity index (χ1) is 14.2. The fourth-order valence-corrected chi connectivity index (χ4v) is 3.15. The number of nitrogens with two attached hydrogens (primary N) is 1. The van der Waals surface area contributed by atoms with Gasteiger partial charge in [0.1, 0.15) is 12.4 Å². The Morgan fingerprint density at radius 3 is 2.34 bits per heavy atom. The summed E-state index contributed by atoms with van der Waals surface area (Å²) in [4.78, 5) is 13.1. The van der Waals surface area contributed by atoms with Crippen molar-refractivity contribution in [3.05, 3.63) is 89.5 Å². The summed E-state index contributed by atoms with van der Waals surface area (Å²) < 4.78 is 16.4. The predicted octanol–water partition coefficient (Wildman–Crippen LogP) is 4.21. The third-order valence-electron chi connectivity index (χ3n) is 4.73. The van der Waals surface area contributed by atoms with Gasteiger partial charge in [0.05, 0.1) is 20.1 Å². The summed E-state index contributed by atoms with van der Waals surface area (Å²) in [6, 6.07) is 22.6. The Hall–Kier alpha value is -3.31. The van der Waals surface area contributed by atoms with Gasteiger partial charge in [-0.2, -0.15) is 0 Å². The number of hydrogen-bond donors (Lipinski definition) is 1.